The van der Waals surface area contributed by atoms with Crippen molar-refractivity contribution < 1.29 is 18.7 Å². The van der Waals surface area contributed by atoms with Gasteiger partial charge in [-0.25, -0.2) is 8.78 Å². The summed E-state index contributed by atoms with van der Waals surface area (Å²) in [4.78, 5) is 10.7. The Balaban J connectivity index is 2.37. The average molecular weight is 347 g/mol. The van der Waals surface area contributed by atoms with E-state index in [4.69, 9.17) is 10.8 Å². The third-order valence-electron chi connectivity index (χ3n) is 4.34. The lowest BCUT2D eigenvalue weighted by molar-refractivity contribution is -0.137. The van der Waals surface area contributed by atoms with Gasteiger partial charge < -0.3 is 10.8 Å². The minimum atomic E-state index is -0.963. The summed E-state index contributed by atoms with van der Waals surface area (Å²) in [5.41, 5.74) is 10.1. The number of carboxylic acid groups (broad SMARTS) is 1. The van der Waals surface area contributed by atoms with Crippen LogP contribution in [0.4, 0.5) is 8.78 Å². The Morgan fingerprint density at radius 3 is 2.24 bits per heavy atom. The van der Waals surface area contributed by atoms with Gasteiger partial charge in [0.2, 0.25) is 0 Å². The molecular formula is C20H23F2NO2. The van der Waals surface area contributed by atoms with E-state index in [0.717, 1.165) is 22.3 Å². The van der Waals surface area contributed by atoms with E-state index < -0.39 is 12.0 Å². The van der Waals surface area contributed by atoms with E-state index in [9.17, 15) is 13.6 Å². The minimum Gasteiger partial charge on any atom is -0.481 e. The third kappa shape index (κ3) is 4.63. The van der Waals surface area contributed by atoms with E-state index in [0.29, 0.717) is 24.0 Å². The van der Waals surface area contributed by atoms with Gasteiger partial charge in [-0.2, -0.15) is 0 Å². The molecule has 3 nitrogen and oxygen atoms in total. The lowest BCUT2D eigenvalue weighted by Crippen LogP contribution is -2.24. The molecule has 0 bridgehead atoms. The molecule has 0 spiro atoms. The van der Waals surface area contributed by atoms with Crippen molar-refractivity contribution in [2.24, 2.45) is 5.73 Å². The molecule has 2 aromatic rings. The molecule has 0 unspecified atom stereocenters. The summed E-state index contributed by atoms with van der Waals surface area (Å²) in [7, 11) is 0. The first kappa shape index (κ1) is 19.1. The molecular weight excluding hydrogens is 324 g/mol. The number of carboxylic acids is 1. The first-order chi connectivity index (χ1) is 11.7. The fourth-order valence-corrected chi connectivity index (χ4v) is 3.20. The van der Waals surface area contributed by atoms with Crippen molar-refractivity contribution in [3.63, 3.8) is 0 Å². The van der Waals surface area contributed by atoms with Crippen LogP contribution in [-0.4, -0.2) is 17.1 Å². The van der Waals surface area contributed by atoms with Gasteiger partial charge in [-0.1, -0.05) is 0 Å². The minimum absolute atomic E-state index is 0.142. The summed E-state index contributed by atoms with van der Waals surface area (Å²) in [5, 5.41) is 8.77. The smallest absolute Gasteiger partial charge is 0.304 e. The Morgan fingerprint density at radius 2 is 1.68 bits per heavy atom. The average Bonchev–Trinajstić information content (AvgIpc) is 2.47. The van der Waals surface area contributed by atoms with E-state index in [2.05, 4.69) is 0 Å². The van der Waals surface area contributed by atoms with Crippen molar-refractivity contribution in [3.8, 4) is 11.1 Å². The van der Waals surface area contributed by atoms with Crippen LogP contribution in [0.2, 0.25) is 0 Å². The molecule has 3 N–H and O–H groups in total. The van der Waals surface area contributed by atoms with E-state index in [1.54, 1.807) is 19.1 Å². The summed E-state index contributed by atoms with van der Waals surface area (Å²) in [6.07, 6.45) is 0.595. The molecule has 0 heterocycles. The third-order valence-corrected chi connectivity index (χ3v) is 4.34. The molecule has 0 saturated carbocycles. The molecule has 0 amide bonds. The van der Waals surface area contributed by atoms with Gasteiger partial charge in [-0.15, -0.1) is 0 Å². The summed E-state index contributed by atoms with van der Waals surface area (Å²) < 4.78 is 28.0. The molecule has 134 valence electrons. The van der Waals surface area contributed by atoms with Gasteiger partial charge in [0, 0.05) is 6.04 Å². The Labute approximate surface area is 146 Å². The molecule has 1 atom stereocenters. The molecule has 0 aromatic heterocycles. The Morgan fingerprint density at radius 1 is 1.08 bits per heavy atom. The topological polar surface area (TPSA) is 63.3 Å². The van der Waals surface area contributed by atoms with E-state index in [1.165, 1.54) is 12.1 Å². The molecule has 0 fully saturated rings. The molecule has 0 aliphatic rings. The number of nitrogens with two attached hydrogens (primary N) is 1. The SMILES string of the molecule is Cc1cc(-c2c(C)cc(F)cc2C)cc(CC[C@H](N)CC(=O)O)c1F. The number of benzene rings is 2. The fourth-order valence-electron chi connectivity index (χ4n) is 3.20. The summed E-state index contributed by atoms with van der Waals surface area (Å²) in [6.45, 7) is 5.34. The van der Waals surface area contributed by atoms with Gasteiger partial charge in [0.25, 0.3) is 0 Å². The van der Waals surface area contributed by atoms with Crippen LogP contribution in [0.1, 0.15) is 35.1 Å². The van der Waals surface area contributed by atoms with E-state index in [1.807, 2.05) is 13.8 Å². The lowest BCUT2D eigenvalue weighted by Gasteiger charge is -2.15. The first-order valence-electron chi connectivity index (χ1n) is 8.22. The van der Waals surface area contributed by atoms with Crippen molar-refractivity contribution in [1.29, 1.82) is 0 Å². The molecule has 2 aromatic carbocycles. The number of halogens is 2. The number of aryl methyl sites for hydroxylation is 4. The standard InChI is InChI=1S/C20H23F2NO2/c1-11-7-16(21)8-12(2)19(11)15-6-13(3)20(22)14(9-15)4-5-17(23)10-18(24)25/h6-9,17H,4-5,10,23H2,1-3H3,(H,24,25)/t17-/m0/s1. The maximum absolute atomic E-state index is 14.5. The van der Waals surface area contributed by atoms with Crippen molar-refractivity contribution in [2.75, 3.05) is 0 Å². The van der Waals surface area contributed by atoms with Crippen LogP contribution >= 0.6 is 0 Å². The highest BCUT2D eigenvalue weighted by molar-refractivity contribution is 5.72. The normalized spacial score (nSPS) is 12.2. The fraction of sp³-hybridized carbons (Fsp3) is 0.350. The van der Waals surface area contributed by atoms with Gasteiger partial charge >= 0.3 is 5.97 Å². The second-order valence-electron chi connectivity index (χ2n) is 6.58. The van der Waals surface area contributed by atoms with Crippen LogP contribution in [0.15, 0.2) is 24.3 Å². The number of carbonyl (C=O) groups is 1. The summed E-state index contributed by atoms with van der Waals surface area (Å²) in [5.74, 6) is -1.56. The van der Waals surface area contributed by atoms with Crippen molar-refractivity contribution in [1.82, 2.24) is 0 Å². The largest absolute Gasteiger partial charge is 0.481 e. The highest BCUT2D eigenvalue weighted by atomic mass is 19.1. The Bertz CT molecular complexity index is 780. The quantitative estimate of drug-likeness (QED) is 0.819. The van der Waals surface area contributed by atoms with E-state index >= 15 is 0 Å². The second kappa shape index (κ2) is 7.74. The molecule has 0 aliphatic carbocycles. The highest BCUT2D eigenvalue weighted by Crippen LogP contribution is 2.31. The molecule has 2 rings (SSSR count). The van der Waals surface area contributed by atoms with Gasteiger partial charge in [0.1, 0.15) is 11.6 Å². The zero-order valence-corrected chi connectivity index (χ0v) is 14.7. The van der Waals surface area contributed by atoms with Gasteiger partial charge in [0.05, 0.1) is 6.42 Å². The zero-order valence-electron chi connectivity index (χ0n) is 14.7. The lowest BCUT2D eigenvalue weighted by atomic mass is 9.91. The van der Waals surface area contributed by atoms with Crippen LogP contribution in [0, 0.1) is 32.4 Å². The molecule has 0 aliphatic heterocycles. The van der Waals surface area contributed by atoms with Crippen LogP contribution in [0.25, 0.3) is 11.1 Å². The van der Waals surface area contributed by atoms with Crippen LogP contribution in [0.5, 0.6) is 0 Å². The zero-order chi connectivity index (χ0) is 18.7. The molecule has 0 saturated heterocycles. The van der Waals surface area contributed by atoms with Gasteiger partial charge in [-0.05, 0) is 91.3 Å². The van der Waals surface area contributed by atoms with Crippen LogP contribution in [-0.2, 0) is 11.2 Å². The predicted octanol–water partition coefficient (Wildman–Crippen LogP) is 4.29. The van der Waals surface area contributed by atoms with Crippen LogP contribution < -0.4 is 5.73 Å². The molecule has 5 heteroatoms. The van der Waals surface area contributed by atoms with Crippen molar-refractivity contribution >= 4 is 5.97 Å². The number of hydrogen-bond donors (Lipinski definition) is 2. The number of hydrogen-bond acceptors (Lipinski definition) is 2. The maximum atomic E-state index is 14.5. The highest BCUT2D eigenvalue weighted by Gasteiger charge is 2.15. The van der Waals surface area contributed by atoms with Gasteiger partial charge in [0.15, 0.2) is 0 Å². The summed E-state index contributed by atoms with van der Waals surface area (Å²) >= 11 is 0. The number of aliphatic carboxylic acids is 1. The van der Waals surface area contributed by atoms with Crippen LogP contribution in [0.3, 0.4) is 0 Å². The first-order valence-corrected chi connectivity index (χ1v) is 8.22. The van der Waals surface area contributed by atoms with Crippen molar-refractivity contribution in [3.05, 3.63) is 58.2 Å². The maximum Gasteiger partial charge on any atom is 0.304 e. The van der Waals surface area contributed by atoms with Crippen molar-refractivity contribution in [2.45, 2.75) is 46.1 Å². The Kier molecular flexibility index (Phi) is 5.90. The summed E-state index contributed by atoms with van der Waals surface area (Å²) in [6, 6.07) is 5.91. The monoisotopic (exact) mass is 347 g/mol. The Hall–Kier alpha value is -2.27. The van der Waals surface area contributed by atoms with E-state index in [-0.39, 0.29) is 18.1 Å². The number of rotatable bonds is 6. The molecule has 25 heavy (non-hydrogen) atoms. The second-order valence-corrected chi connectivity index (χ2v) is 6.58. The predicted molar refractivity (Wildman–Crippen MR) is 94.6 cm³/mol. The molecule has 0 radical (unpaired) electrons. The van der Waals surface area contributed by atoms with Gasteiger partial charge in [-0.3, -0.25) is 4.79 Å².